The summed E-state index contributed by atoms with van der Waals surface area (Å²) in [4.78, 5) is 4.47. The normalized spacial score (nSPS) is 11.1. The zero-order valence-electron chi connectivity index (χ0n) is 10.8. The maximum absolute atomic E-state index is 5.78. The number of hydrogen-bond donors (Lipinski definition) is 1. The Balaban J connectivity index is 2.28. The van der Waals surface area contributed by atoms with Gasteiger partial charge in [-0.25, -0.2) is 4.98 Å². The summed E-state index contributed by atoms with van der Waals surface area (Å²) in [6.07, 6.45) is 1.85. The van der Waals surface area contributed by atoms with Gasteiger partial charge >= 0.3 is 0 Å². The van der Waals surface area contributed by atoms with Crippen LogP contribution in [0.5, 0.6) is 0 Å². The lowest BCUT2D eigenvalue weighted by molar-refractivity contribution is 1.08. The van der Waals surface area contributed by atoms with Crippen LogP contribution in [0.15, 0.2) is 41.1 Å². The minimum absolute atomic E-state index is 0.743. The molecule has 0 aliphatic heterocycles. The molecule has 3 rings (SSSR count). The number of nitrogen functional groups attached to an aromatic ring is 1. The van der Waals surface area contributed by atoms with Gasteiger partial charge < -0.3 is 5.73 Å². The van der Waals surface area contributed by atoms with E-state index in [-0.39, 0.29) is 0 Å². The van der Waals surface area contributed by atoms with Crippen LogP contribution in [0.4, 0.5) is 5.69 Å². The van der Waals surface area contributed by atoms with Crippen molar-refractivity contribution in [1.82, 2.24) is 9.55 Å². The number of benzene rings is 2. The van der Waals surface area contributed by atoms with Crippen molar-refractivity contribution in [3.63, 3.8) is 0 Å². The predicted octanol–water partition coefficient (Wildman–Crippen LogP) is 3.99. The van der Waals surface area contributed by atoms with Crippen molar-refractivity contribution in [3.05, 3.63) is 52.3 Å². The molecule has 0 bridgehead atoms. The predicted molar refractivity (Wildman–Crippen MR) is 82.7 cm³/mol. The zero-order chi connectivity index (χ0) is 13.6. The third kappa shape index (κ3) is 2.02. The van der Waals surface area contributed by atoms with E-state index in [0.717, 1.165) is 26.9 Å². The summed E-state index contributed by atoms with van der Waals surface area (Å²) in [5, 5.41) is 0. The van der Waals surface area contributed by atoms with Gasteiger partial charge in [-0.3, -0.25) is 4.57 Å². The Morgan fingerprint density at radius 2 is 1.84 bits per heavy atom. The van der Waals surface area contributed by atoms with Gasteiger partial charge in [0, 0.05) is 10.2 Å². The fraction of sp³-hybridized carbons (Fsp3) is 0.133. The molecule has 0 amide bonds. The van der Waals surface area contributed by atoms with Crippen LogP contribution in [0.2, 0.25) is 0 Å². The van der Waals surface area contributed by atoms with E-state index < -0.39 is 0 Å². The first-order valence-corrected chi connectivity index (χ1v) is 6.85. The van der Waals surface area contributed by atoms with Crippen LogP contribution in [0.25, 0.3) is 16.7 Å². The smallest absolute Gasteiger partial charge is 0.100 e. The van der Waals surface area contributed by atoms with Crippen LogP contribution < -0.4 is 5.73 Å². The molecule has 0 radical (unpaired) electrons. The molecule has 96 valence electrons. The van der Waals surface area contributed by atoms with Crippen molar-refractivity contribution in [3.8, 4) is 5.69 Å². The molecule has 1 aromatic heterocycles. The van der Waals surface area contributed by atoms with Crippen molar-refractivity contribution >= 4 is 32.7 Å². The van der Waals surface area contributed by atoms with Gasteiger partial charge in [-0.15, -0.1) is 0 Å². The van der Waals surface area contributed by atoms with Gasteiger partial charge in [-0.2, -0.15) is 0 Å². The monoisotopic (exact) mass is 315 g/mol. The number of hydrogen-bond acceptors (Lipinski definition) is 2. The highest BCUT2D eigenvalue weighted by Crippen LogP contribution is 2.27. The number of aryl methyl sites for hydroxylation is 2. The molecule has 1 heterocycles. The minimum atomic E-state index is 0.743. The number of rotatable bonds is 1. The van der Waals surface area contributed by atoms with E-state index in [1.165, 1.54) is 11.1 Å². The summed E-state index contributed by atoms with van der Waals surface area (Å²) in [7, 11) is 0. The van der Waals surface area contributed by atoms with Gasteiger partial charge in [0.2, 0.25) is 0 Å². The number of aromatic nitrogens is 2. The third-order valence-corrected chi connectivity index (χ3v) is 4.03. The molecular weight excluding hydrogens is 302 g/mol. The van der Waals surface area contributed by atoms with Crippen molar-refractivity contribution in [2.24, 2.45) is 0 Å². The van der Waals surface area contributed by atoms with Gasteiger partial charge in [-0.05, 0) is 71.2 Å². The maximum Gasteiger partial charge on any atom is 0.100 e. The van der Waals surface area contributed by atoms with Crippen LogP contribution >= 0.6 is 15.9 Å². The molecule has 0 aliphatic rings. The van der Waals surface area contributed by atoms with Gasteiger partial charge in [0.15, 0.2) is 0 Å². The molecule has 19 heavy (non-hydrogen) atoms. The van der Waals surface area contributed by atoms with Crippen LogP contribution in [-0.2, 0) is 0 Å². The van der Waals surface area contributed by atoms with E-state index in [2.05, 4.69) is 51.5 Å². The average molecular weight is 316 g/mol. The first-order chi connectivity index (χ1) is 9.06. The van der Waals surface area contributed by atoms with Crippen molar-refractivity contribution in [2.75, 3.05) is 5.73 Å². The van der Waals surface area contributed by atoms with E-state index in [1.807, 2.05) is 24.5 Å². The molecule has 3 aromatic rings. The van der Waals surface area contributed by atoms with Crippen LogP contribution in [0.1, 0.15) is 11.1 Å². The lowest BCUT2D eigenvalue weighted by Crippen LogP contribution is -1.95. The average Bonchev–Trinajstić information content (AvgIpc) is 2.73. The zero-order valence-corrected chi connectivity index (χ0v) is 12.4. The lowest BCUT2D eigenvalue weighted by atomic mass is 10.1. The summed E-state index contributed by atoms with van der Waals surface area (Å²) in [5.41, 5.74) is 12.2. The maximum atomic E-state index is 5.78. The van der Waals surface area contributed by atoms with E-state index in [4.69, 9.17) is 5.73 Å². The molecule has 2 N–H and O–H groups in total. The molecule has 0 atom stereocenters. The Hall–Kier alpha value is -1.81. The second-order valence-corrected chi connectivity index (χ2v) is 5.60. The highest BCUT2D eigenvalue weighted by atomic mass is 79.9. The molecule has 0 spiro atoms. The van der Waals surface area contributed by atoms with Gasteiger partial charge in [0.25, 0.3) is 0 Å². The Kier molecular flexibility index (Phi) is 2.82. The molecule has 0 aliphatic carbocycles. The second kappa shape index (κ2) is 4.38. The number of nitrogens with two attached hydrogens (primary N) is 1. The molecule has 3 nitrogen and oxygen atoms in total. The SMILES string of the molecule is Cc1cc2ncn(-c3ccc(N)cc3Br)c2cc1C. The summed E-state index contributed by atoms with van der Waals surface area (Å²) in [6, 6.07) is 10.1. The standard InChI is InChI=1S/C15H14BrN3/c1-9-5-13-15(6-10(9)2)19(8-18-13)14-4-3-11(17)7-12(14)16/h3-8H,17H2,1-2H3. The molecule has 0 fully saturated rings. The van der Waals surface area contributed by atoms with E-state index in [0.29, 0.717) is 0 Å². The summed E-state index contributed by atoms with van der Waals surface area (Å²) >= 11 is 3.56. The van der Waals surface area contributed by atoms with Crippen LogP contribution in [-0.4, -0.2) is 9.55 Å². The molecule has 0 unspecified atom stereocenters. The fourth-order valence-electron chi connectivity index (χ4n) is 2.17. The molecule has 0 saturated carbocycles. The van der Waals surface area contributed by atoms with Gasteiger partial charge in [0.1, 0.15) is 6.33 Å². The highest BCUT2D eigenvalue weighted by molar-refractivity contribution is 9.10. The largest absolute Gasteiger partial charge is 0.399 e. The quantitative estimate of drug-likeness (QED) is 0.690. The van der Waals surface area contributed by atoms with Crippen molar-refractivity contribution in [2.45, 2.75) is 13.8 Å². The number of halogens is 1. The Morgan fingerprint density at radius 3 is 2.58 bits per heavy atom. The fourth-order valence-corrected chi connectivity index (χ4v) is 2.76. The molecule has 4 heteroatoms. The Morgan fingerprint density at radius 1 is 1.11 bits per heavy atom. The van der Waals surface area contributed by atoms with Gasteiger partial charge in [0.05, 0.1) is 16.7 Å². The molecule has 2 aromatic carbocycles. The van der Waals surface area contributed by atoms with Crippen molar-refractivity contribution in [1.29, 1.82) is 0 Å². The van der Waals surface area contributed by atoms with Gasteiger partial charge in [-0.1, -0.05) is 0 Å². The molecule has 0 saturated heterocycles. The number of anilines is 1. The highest BCUT2D eigenvalue weighted by Gasteiger charge is 2.09. The Labute approximate surface area is 120 Å². The van der Waals surface area contributed by atoms with E-state index >= 15 is 0 Å². The number of imidazole rings is 1. The number of nitrogens with zero attached hydrogens (tertiary/aromatic N) is 2. The summed E-state index contributed by atoms with van der Waals surface area (Å²) in [5.74, 6) is 0. The first-order valence-electron chi connectivity index (χ1n) is 6.06. The minimum Gasteiger partial charge on any atom is -0.399 e. The van der Waals surface area contributed by atoms with Crippen LogP contribution in [0.3, 0.4) is 0 Å². The van der Waals surface area contributed by atoms with E-state index in [1.54, 1.807) is 0 Å². The summed E-state index contributed by atoms with van der Waals surface area (Å²) in [6.45, 7) is 4.22. The van der Waals surface area contributed by atoms with Crippen molar-refractivity contribution < 1.29 is 0 Å². The molecular formula is C15H14BrN3. The number of fused-ring (bicyclic) bond motifs is 1. The third-order valence-electron chi connectivity index (χ3n) is 3.39. The first kappa shape index (κ1) is 12.2. The Bertz CT molecular complexity index is 774. The lowest BCUT2D eigenvalue weighted by Gasteiger charge is -2.09. The van der Waals surface area contributed by atoms with E-state index in [9.17, 15) is 0 Å². The summed E-state index contributed by atoms with van der Waals surface area (Å²) < 4.78 is 3.04. The topological polar surface area (TPSA) is 43.8 Å². The van der Waals surface area contributed by atoms with Crippen LogP contribution in [0, 0.1) is 13.8 Å². The second-order valence-electron chi connectivity index (χ2n) is 4.75.